The maximum Gasteiger partial charge on any atom is 0.276 e. The van der Waals surface area contributed by atoms with Crippen molar-refractivity contribution in [2.75, 3.05) is 11.1 Å². The molecule has 0 saturated carbocycles. The Hall–Kier alpha value is -2.30. The van der Waals surface area contributed by atoms with Gasteiger partial charge in [-0.15, -0.1) is 0 Å². The highest BCUT2D eigenvalue weighted by Gasteiger charge is 2.04. The molecule has 0 radical (unpaired) electrons. The highest BCUT2D eigenvalue weighted by molar-refractivity contribution is 5.67. The lowest BCUT2D eigenvalue weighted by Gasteiger charge is -2.08. The molecular formula is C14H18N4O. The Morgan fingerprint density at radius 2 is 2.05 bits per heavy atom. The molecule has 19 heavy (non-hydrogen) atoms. The number of nitrogens with two attached hydrogens (primary N) is 1. The summed E-state index contributed by atoms with van der Waals surface area (Å²) in [5.74, 6) is 0.380. The van der Waals surface area contributed by atoms with Crippen LogP contribution < -0.4 is 16.6 Å². The number of aromatic nitrogens is 2. The van der Waals surface area contributed by atoms with E-state index in [1.165, 1.54) is 24.7 Å². The van der Waals surface area contributed by atoms with Crippen LogP contribution in [-0.2, 0) is 6.42 Å². The van der Waals surface area contributed by atoms with Crippen molar-refractivity contribution in [1.29, 1.82) is 0 Å². The molecule has 100 valence electrons. The van der Waals surface area contributed by atoms with Gasteiger partial charge in [-0.05, 0) is 30.5 Å². The largest absolute Gasteiger partial charge is 0.391 e. The monoisotopic (exact) mass is 258 g/mol. The summed E-state index contributed by atoms with van der Waals surface area (Å²) < 4.78 is 0. The van der Waals surface area contributed by atoms with E-state index >= 15 is 0 Å². The highest BCUT2D eigenvalue weighted by atomic mass is 16.1. The topological polar surface area (TPSA) is 83.8 Å². The molecule has 1 aromatic heterocycles. The SMILES string of the molecule is CCCCc1ccc(Nc2nc[nH]c(=O)c2N)cc1. The predicted octanol–water partition coefficient (Wildman–Crippen LogP) is 2.44. The number of hydrogen-bond acceptors (Lipinski definition) is 4. The van der Waals surface area contributed by atoms with E-state index in [9.17, 15) is 4.79 Å². The first kappa shape index (κ1) is 13.1. The second kappa shape index (κ2) is 6.04. The van der Waals surface area contributed by atoms with Crippen LogP contribution in [0.3, 0.4) is 0 Å². The predicted molar refractivity (Wildman–Crippen MR) is 77.6 cm³/mol. The first-order valence-corrected chi connectivity index (χ1v) is 6.40. The number of H-pyrrole nitrogens is 1. The number of anilines is 3. The minimum Gasteiger partial charge on any atom is -0.391 e. The highest BCUT2D eigenvalue weighted by Crippen LogP contribution is 2.18. The Bertz CT molecular complexity index is 589. The van der Waals surface area contributed by atoms with Gasteiger partial charge in [-0.1, -0.05) is 25.5 Å². The van der Waals surface area contributed by atoms with Crippen LogP contribution in [0.15, 0.2) is 35.4 Å². The summed E-state index contributed by atoms with van der Waals surface area (Å²) in [6, 6.07) is 8.07. The lowest BCUT2D eigenvalue weighted by Crippen LogP contribution is -2.14. The van der Waals surface area contributed by atoms with Crippen LogP contribution in [0, 0.1) is 0 Å². The van der Waals surface area contributed by atoms with Crippen molar-refractivity contribution >= 4 is 17.2 Å². The molecule has 5 nitrogen and oxygen atoms in total. The van der Waals surface area contributed by atoms with Crippen LogP contribution in [0.4, 0.5) is 17.2 Å². The number of nitrogens with zero attached hydrogens (tertiary/aromatic N) is 1. The molecule has 2 rings (SSSR count). The molecular weight excluding hydrogens is 240 g/mol. The number of aryl methyl sites for hydroxylation is 1. The lowest BCUT2D eigenvalue weighted by atomic mass is 10.1. The Morgan fingerprint density at radius 1 is 1.32 bits per heavy atom. The molecule has 0 amide bonds. The van der Waals surface area contributed by atoms with E-state index in [1.807, 2.05) is 12.1 Å². The first-order valence-electron chi connectivity index (χ1n) is 6.40. The van der Waals surface area contributed by atoms with Gasteiger partial charge in [0.25, 0.3) is 5.56 Å². The Kier molecular flexibility index (Phi) is 4.18. The zero-order valence-corrected chi connectivity index (χ0v) is 10.9. The summed E-state index contributed by atoms with van der Waals surface area (Å²) in [7, 11) is 0. The summed E-state index contributed by atoms with van der Waals surface area (Å²) in [6.07, 6.45) is 4.79. The lowest BCUT2D eigenvalue weighted by molar-refractivity contribution is 0.795. The van der Waals surface area contributed by atoms with Crippen molar-refractivity contribution in [2.24, 2.45) is 0 Å². The second-order valence-corrected chi connectivity index (χ2v) is 4.42. The Labute approximate surface area is 111 Å². The molecule has 2 aromatic rings. The van der Waals surface area contributed by atoms with E-state index in [1.54, 1.807) is 0 Å². The number of nitrogen functional groups attached to an aromatic ring is 1. The van der Waals surface area contributed by atoms with Gasteiger partial charge in [-0.25, -0.2) is 4.98 Å². The second-order valence-electron chi connectivity index (χ2n) is 4.42. The number of benzene rings is 1. The van der Waals surface area contributed by atoms with Gasteiger partial charge in [-0.3, -0.25) is 4.79 Å². The fraction of sp³-hybridized carbons (Fsp3) is 0.286. The van der Waals surface area contributed by atoms with Crippen LogP contribution in [0.1, 0.15) is 25.3 Å². The summed E-state index contributed by atoms with van der Waals surface area (Å²) in [6.45, 7) is 2.18. The molecule has 0 atom stereocenters. The van der Waals surface area contributed by atoms with E-state index in [0.717, 1.165) is 12.1 Å². The van der Waals surface area contributed by atoms with Gasteiger partial charge in [0.05, 0.1) is 6.33 Å². The Balaban J connectivity index is 2.11. The molecule has 4 N–H and O–H groups in total. The Morgan fingerprint density at radius 3 is 2.74 bits per heavy atom. The third kappa shape index (κ3) is 3.34. The zero-order valence-electron chi connectivity index (χ0n) is 10.9. The normalized spacial score (nSPS) is 10.4. The number of hydrogen-bond donors (Lipinski definition) is 3. The third-order valence-electron chi connectivity index (χ3n) is 2.92. The van der Waals surface area contributed by atoms with Gasteiger partial charge in [-0.2, -0.15) is 0 Å². The molecule has 0 saturated heterocycles. The maximum atomic E-state index is 11.3. The maximum absolute atomic E-state index is 11.3. The van der Waals surface area contributed by atoms with Crippen molar-refractivity contribution in [3.05, 3.63) is 46.5 Å². The number of nitrogens with one attached hydrogen (secondary N) is 2. The van der Waals surface area contributed by atoms with E-state index in [0.29, 0.717) is 5.82 Å². The quantitative estimate of drug-likeness (QED) is 0.769. The van der Waals surface area contributed by atoms with Crippen LogP contribution in [-0.4, -0.2) is 9.97 Å². The molecule has 0 spiro atoms. The van der Waals surface area contributed by atoms with Gasteiger partial charge in [0.1, 0.15) is 5.69 Å². The van der Waals surface area contributed by atoms with Crippen molar-refractivity contribution in [1.82, 2.24) is 9.97 Å². The molecule has 5 heteroatoms. The zero-order chi connectivity index (χ0) is 13.7. The molecule has 0 bridgehead atoms. The molecule has 0 aliphatic rings. The molecule has 0 aliphatic heterocycles. The summed E-state index contributed by atoms with van der Waals surface area (Å²) >= 11 is 0. The molecule has 0 unspecified atom stereocenters. The van der Waals surface area contributed by atoms with Gasteiger partial charge in [0, 0.05) is 5.69 Å². The van der Waals surface area contributed by atoms with Gasteiger partial charge < -0.3 is 16.0 Å². The molecule has 1 aromatic carbocycles. The van der Waals surface area contributed by atoms with Gasteiger partial charge in [0.2, 0.25) is 0 Å². The van der Waals surface area contributed by atoms with Gasteiger partial charge in [0.15, 0.2) is 5.82 Å². The minimum absolute atomic E-state index is 0.0950. The van der Waals surface area contributed by atoms with Crippen molar-refractivity contribution < 1.29 is 0 Å². The fourth-order valence-electron chi connectivity index (χ4n) is 1.78. The third-order valence-corrected chi connectivity index (χ3v) is 2.92. The average Bonchev–Trinajstić information content (AvgIpc) is 2.43. The number of unbranched alkanes of at least 4 members (excludes halogenated alkanes) is 1. The van der Waals surface area contributed by atoms with Crippen LogP contribution in [0.5, 0.6) is 0 Å². The van der Waals surface area contributed by atoms with E-state index in [-0.39, 0.29) is 11.2 Å². The van der Waals surface area contributed by atoms with Crippen LogP contribution >= 0.6 is 0 Å². The van der Waals surface area contributed by atoms with Crippen molar-refractivity contribution in [2.45, 2.75) is 26.2 Å². The van der Waals surface area contributed by atoms with E-state index in [4.69, 9.17) is 5.73 Å². The van der Waals surface area contributed by atoms with Crippen molar-refractivity contribution in [3.8, 4) is 0 Å². The number of rotatable bonds is 5. The van der Waals surface area contributed by atoms with Crippen molar-refractivity contribution in [3.63, 3.8) is 0 Å². The number of aromatic amines is 1. The summed E-state index contributed by atoms with van der Waals surface area (Å²) in [5.41, 5.74) is 7.59. The van der Waals surface area contributed by atoms with Gasteiger partial charge >= 0.3 is 0 Å². The molecule has 0 fully saturated rings. The summed E-state index contributed by atoms with van der Waals surface area (Å²) in [5, 5.41) is 3.04. The molecule has 0 aliphatic carbocycles. The first-order chi connectivity index (χ1) is 9.20. The minimum atomic E-state index is -0.336. The van der Waals surface area contributed by atoms with Crippen LogP contribution in [0.25, 0.3) is 0 Å². The summed E-state index contributed by atoms with van der Waals surface area (Å²) in [4.78, 5) is 17.8. The average molecular weight is 258 g/mol. The van der Waals surface area contributed by atoms with E-state index < -0.39 is 0 Å². The fourth-order valence-corrected chi connectivity index (χ4v) is 1.78. The molecule has 1 heterocycles. The van der Waals surface area contributed by atoms with E-state index in [2.05, 4.69) is 34.3 Å². The standard InChI is InChI=1S/C14H18N4O/c1-2-3-4-10-5-7-11(8-6-10)18-13-12(15)14(19)17-9-16-13/h5-9H,2-4,15H2,1H3,(H2,16,17,18,19). The smallest absolute Gasteiger partial charge is 0.276 e. The van der Waals surface area contributed by atoms with Crippen LogP contribution in [0.2, 0.25) is 0 Å².